The van der Waals surface area contributed by atoms with Crippen LogP contribution in [0.2, 0.25) is 0 Å². The summed E-state index contributed by atoms with van der Waals surface area (Å²) in [5, 5.41) is 4.30. The average molecular weight is 268 g/mol. The lowest BCUT2D eigenvalue weighted by atomic mass is 9.99. The van der Waals surface area contributed by atoms with Crippen molar-refractivity contribution in [3.8, 4) is 0 Å². The zero-order chi connectivity index (χ0) is 14.3. The van der Waals surface area contributed by atoms with Crippen molar-refractivity contribution in [2.45, 2.75) is 0 Å². The van der Waals surface area contributed by atoms with E-state index in [9.17, 15) is 19.2 Å². The molecule has 3 rings (SSSR count). The second kappa shape index (κ2) is 4.27. The second-order valence-corrected chi connectivity index (χ2v) is 4.33. The highest BCUT2D eigenvalue weighted by Crippen LogP contribution is 2.24. The van der Waals surface area contributed by atoms with E-state index < -0.39 is 23.6 Å². The molecule has 2 aliphatic heterocycles. The third kappa shape index (κ3) is 1.93. The summed E-state index contributed by atoms with van der Waals surface area (Å²) in [7, 11) is 0. The Labute approximate surface area is 113 Å². The Balaban J connectivity index is 2.03. The van der Waals surface area contributed by atoms with Crippen molar-refractivity contribution in [1.82, 2.24) is 10.6 Å². The number of carbonyl (C=O) groups excluding carboxylic acids is 4. The molecule has 1 aromatic rings. The molecule has 4 amide bonds. The number of carbonyl (C=O) groups is 4. The number of hydrogen-bond acceptors (Lipinski definition) is 4. The average Bonchev–Trinajstić information content (AvgIpc) is 2.91. The molecular formula is C14H8N2O4. The van der Waals surface area contributed by atoms with E-state index in [0.717, 1.165) is 0 Å². The third-order valence-corrected chi connectivity index (χ3v) is 3.00. The van der Waals surface area contributed by atoms with Gasteiger partial charge in [-0.3, -0.25) is 29.8 Å². The smallest absolute Gasteiger partial charge is 0.258 e. The molecular weight excluding hydrogens is 260 g/mol. The topological polar surface area (TPSA) is 92.3 Å². The monoisotopic (exact) mass is 268 g/mol. The Hall–Kier alpha value is -3.02. The van der Waals surface area contributed by atoms with Crippen LogP contribution in [0.25, 0.3) is 11.1 Å². The van der Waals surface area contributed by atoms with Crippen LogP contribution in [0.5, 0.6) is 0 Å². The minimum atomic E-state index is -0.479. The molecule has 1 aromatic carbocycles. The number of benzene rings is 1. The maximum atomic E-state index is 11.6. The van der Waals surface area contributed by atoms with Gasteiger partial charge in [0.25, 0.3) is 23.6 Å². The first kappa shape index (κ1) is 12.0. The van der Waals surface area contributed by atoms with Crippen LogP contribution in [0.15, 0.2) is 36.4 Å². The highest BCUT2D eigenvalue weighted by Gasteiger charge is 2.25. The number of nitrogens with one attached hydrogen (secondary N) is 2. The second-order valence-electron chi connectivity index (χ2n) is 4.33. The summed E-state index contributed by atoms with van der Waals surface area (Å²) in [6.07, 6.45) is 2.41. The van der Waals surface area contributed by atoms with E-state index in [1.165, 1.54) is 12.2 Å². The molecule has 6 nitrogen and oxygen atoms in total. The molecule has 2 heterocycles. The van der Waals surface area contributed by atoms with Gasteiger partial charge in [-0.1, -0.05) is 18.2 Å². The SMILES string of the molecule is O=C1C=C(c2cccc(C3=CC(=O)NC3=O)c2)C(=O)N1. The number of rotatable bonds is 2. The lowest BCUT2D eigenvalue weighted by Crippen LogP contribution is -2.22. The Bertz CT molecular complexity index is 684. The van der Waals surface area contributed by atoms with E-state index in [2.05, 4.69) is 10.6 Å². The fourth-order valence-corrected chi connectivity index (χ4v) is 2.11. The van der Waals surface area contributed by atoms with Gasteiger partial charge in [0.05, 0.1) is 11.1 Å². The molecule has 98 valence electrons. The van der Waals surface area contributed by atoms with Crippen LogP contribution in [0, 0.1) is 0 Å². The molecule has 2 aliphatic rings. The Morgan fingerprint density at radius 3 is 1.50 bits per heavy atom. The van der Waals surface area contributed by atoms with Crippen LogP contribution in [-0.2, 0) is 19.2 Å². The molecule has 0 atom stereocenters. The zero-order valence-electron chi connectivity index (χ0n) is 10.1. The van der Waals surface area contributed by atoms with E-state index in [0.29, 0.717) is 11.1 Å². The van der Waals surface area contributed by atoms with Gasteiger partial charge >= 0.3 is 0 Å². The van der Waals surface area contributed by atoms with Crippen LogP contribution in [0.4, 0.5) is 0 Å². The van der Waals surface area contributed by atoms with Crippen molar-refractivity contribution >= 4 is 34.8 Å². The van der Waals surface area contributed by atoms with Gasteiger partial charge < -0.3 is 0 Å². The molecule has 0 saturated heterocycles. The van der Waals surface area contributed by atoms with Crippen LogP contribution >= 0.6 is 0 Å². The normalized spacial score (nSPS) is 17.8. The van der Waals surface area contributed by atoms with Gasteiger partial charge in [-0.15, -0.1) is 0 Å². The van der Waals surface area contributed by atoms with E-state index in [1.54, 1.807) is 24.3 Å². The summed E-state index contributed by atoms with van der Waals surface area (Å²) in [6, 6.07) is 6.55. The molecule has 6 heteroatoms. The van der Waals surface area contributed by atoms with Crippen LogP contribution in [0.3, 0.4) is 0 Å². The first-order chi connectivity index (χ1) is 9.54. The third-order valence-electron chi connectivity index (χ3n) is 3.00. The predicted octanol–water partition coefficient (Wildman–Crippen LogP) is -0.234. The molecule has 2 N–H and O–H groups in total. The molecule has 20 heavy (non-hydrogen) atoms. The number of imide groups is 2. The quantitative estimate of drug-likeness (QED) is 0.724. The lowest BCUT2D eigenvalue weighted by molar-refractivity contribution is -0.124. The van der Waals surface area contributed by atoms with Gasteiger partial charge in [0.1, 0.15) is 0 Å². The van der Waals surface area contributed by atoms with E-state index in [-0.39, 0.29) is 11.1 Å². The predicted molar refractivity (Wildman–Crippen MR) is 68.7 cm³/mol. The van der Waals surface area contributed by atoms with Crippen LogP contribution in [-0.4, -0.2) is 23.6 Å². The first-order valence-electron chi connectivity index (χ1n) is 5.79. The summed E-state index contributed by atoms with van der Waals surface area (Å²) in [5.41, 5.74) is 1.50. The summed E-state index contributed by atoms with van der Waals surface area (Å²) in [5.74, 6) is -1.90. The van der Waals surface area contributed by atoms with Gasteiger partial charge in [-0.05, 0) is 17.2 Å². The van der Waals surface area contributed by atoms with Crippen LogP contribution in [0.1, 0.15) is 11.1 Å². The van der Waals surface area contributed by atoms with Crippen molar-refractivity contribution in [3.63, 3.8) is 0 Å². The van der Waals surface area contributed by atoms with Crippen LogP contribution < -0.4 is 10.6 Å². The minimum absolute atomic E-state index is 0.238. The zero-order valence-corrected chi connectivity index (χ0v) is 10.1. The van der Waals surface area contributed by atoms with Gasteiger partial charge in [-0.2, -0.15) is 0 Å². The Morgan fingerprint density at radius 1 is 0.700 bits per heavy atom. The maximum absolute atomic E-state index is 11.6. The molecule has 0 radical (unpaired) electrons. The molecule has 0 bridgehead atoms. The maximum Gasteiger partial charge on any atom is 0.258 e. The fraction of sp³-hybridized carbons (Fsp3) is 0. The highest BCUT2D eigenvalue weighted by molar-refractivity contribution is 6.35. The van der Waals surface area contributed by atoms with Crippen molar-refractivity contribution in [1.29, 1.82) is 0 Å². The molecule has 0 aliphatic carbocycles. The van der Waals surface area contributed by atoms with Crippen molar-refractivity contribution in [2.24, 2.45) is 0 Å². The number of amides is 4. The van der Waals surface area contributed by atoms with E-state index >= 15 is 0 Å². The fourth-order valence-electron chi connectivity index (χ4n) is 2.11. The molecule has 0 saturated carbocycles. The molecule has 0 aromatic heterocycles. The lowest BCUT2D eigenvalue weighted by Gasteiger charge is -2.04. The van der Waals surface area contributed by atoms with Crippen molar-refractivity contribution < 1.29 is 19.2 Å². The van der Waals surface area contributed by atoms with E-state index in [4.69, 9.17) is 0 Å². The molecule has 0 unspecified atom stereocenters. The summed E-state index contributed by atoms with van der Waals surface area (Å²) < 4.78 is 0. The van der Waals surface area contributed by atoms with Crippen molar-refractivity contribution in [2.75, 3.05) is 0 Å². The van der Waals surface area contributed by atoms with Gasteiger partial charge in [-0.25, -0.2) is 0 Å². The minimum Gasteiger partial charge on any atom is -0.289 e. The molecule has 0 spiro atoms. The largest absolute Gasteiger partial charge is 0.289 e. The van der Waals surface area contributed by atoms with E-state index in [1.807, 2.05) is 0 Å². The van der Waals surface area contributed by atoms with Gasteiger partial charge in [0, 0.05) is 12.2 Å². The standard InChI is InChI=1S/C14H8N2O4/c17-11-5-9(13(19)15-11)7-2-1-3-8(4-7)10-6-12(18)16-14(10)20/h1-6H,(H,15,17,19)(H,16,18,20). The summed E-state index contributed by atoms with van der Waals surface area (Å²) >= 11 is 0. The summed E-state index contributed by atoms with van der Waals surface area (Å²) in [4.78, 5) is 45.5. The highest BCUT2D eigenvalue weighted by atomic mass is 16.2. The Morgan fingerprint density at radius 2 is 1.15 bits per heavy atom. The summed E-state index contributed by atoms with van der Waals surface area (Å²) in [6.45, 7) is 0. The Kier molecular flexibility index (Phi) is 2.57. The van der Waals surface area contributed by atoms with Crippen molar-refractivity contribution in [3.05, 3.63) is 47.5 Å². The molecule has 0 fully saturated rings. The van der Waals surface area contributed by atoms with Gasteiger partial charge in [0.15, 0.2) is 0 Å². The van der Waals surface area contributed by atoms with Gasteiger partial charge in [0.2, 0.25) is 0 Å². The first-order valence-corrected chi connectivity index (χ1v) is 5.79. The number of hydrogen-bond donors (Lipinski definition) is 2.